The van der Waals surface area contributed by atoms with Gasteiger partial charge in [0.25, 0.3) is 6.17 Å². The number of benzene rings is 6. The molecule has 4 heteroatoms. The molecule has 0 bridgehead atoms. The van der Waals surface area contributed by atoms with Gasteiger partial charge in [0, 0.05) is 45.3 Å². The Morgan fingerprint density at radius 1 is 0.578 bits per heavy atom. The number of aromatic nitrogens is 1. The lowest BCUT2D eigenvalue weighted by molar-refractivity contribution is -0.479. The summed E-state index contributed by atoms with van der Waals surface area (Å²) in [7, 11) is 0. The molecular formula is C41H28N3O+. The highest BCUT2D eigenvalue weighted by molar-refractivity contribution is 6.22. The average molecular weight is 579 g/mol. The Labute approximate surface area is 260 Å². The molecule has 8 aromatic rings. The van der Waals surface area contributed by atoms with Crippen molar-refractivity contribution in [2.75, 3.05) is 0 Å². The minimum atomic E-state index is -0.0878. The number of para-hydroxylation sites is 2. The largest absolute Gasteiger partial charge is 0.455 e. The molecule has 0 saturated carbocycles. The second kappa shape index (κ2) is 10.3. The Kier molecular flexibility index (Phi) is 5.85. The van der Waals surface area contributed by atoms with Crippen molar-refractivity contribution in [1.82, 2.24) is 4.57 Å². The molecule has 6 aromatic carbocycles. The summed E-state index contributed by atoms with van der Waals surface area (Å²) in [5.41, 5.74) is 9.86. The molecule has 0 radical (unpaired) electrons. The van der Waals surface area contributed by atoms with Gasteiger partial charge in [-0.1, -0.05) is 97.1 Å². The predicted molar refractivity (Wildman–Crippen MR) is 185 cm³/mol. The Balaban J connectivity index is 1.23. The van der Waals surface area contributed by atoms with Gasteiger partial charge in [-0.2, -0.15) is 4.58 Å². The number of fused-ring (bicyclic) bond motifs is 5. The third-order valence-electron chi connectivity index (χ3n) is 8.81. The van der Waals surface area contributed by atoms with Crippen molar-refractivity contribution in [1.29, 1.82) is 0 Å². The summed E-state index contributed by atoms with van der Waals surface area (Å²) in [6, 6.07) is 53.3. The number of rotatable bonds is 5. The summed E-state index contributed by atoms with van der Waals surface area (Å²) in [6.07, 6.45) is 3.85. The SMILES string of the molecule is C1=NC(c2ccc(-n3c4ccccc4c4c5oc(-c6ccccc6)c(-c6ccccc6)c5ccc43)cc2)[N+](c2ccccc2)=C1. The van der Waals surface area contributed by atoms with E-state index in [9.17, 15) is 0 Å². The van der Waals surface area contributed by atoms with Crippen LogP contribution in [0.4, 0.5) is 5.69 Å². The van der Waals surface area contributed by atoms with Crippen molar-refractivity contribution in [2.45, 2.75) is 6.17 Å². The summed E-state index contributed by atoms with van der Waals surface area (Å²) in [6.45, 7) is 0. The van der Waals surface area contributed by atoms with E-state index in [1.54, 1.807) is 0 Å². The van der Waals surface area contributed by atoms with Gasteiger partial charge in [0.15, 0.2) is 6.21 Å². The molecule has 0 amide bonds. The van der Waals surface area contributed by atoms with Gasteiger partial charge >= 0.3 is 0 Å². The van der Waals surface area contributed by atoms with E-state index in [2.05, 4.69) is 149 Å². The van der Waals surface area contributed by atoms with Crippen molar-refractivity contribution in [3.05, 3.63) is 157 Å². The molecule has 45 heavy (non-hydrogen) atoms. The normalized spacial score (nSPS) is 14.5. The van der Waals surface area contributed by atoms with Gasteiger partial charge in [0.2, 0.25) is 5.69 Å². The van der Waals surface area contributed by atoms with Gasteiger partial charge in [-0.25, -0.2) is 4.99 Å². The first kappa shape index (κ1) is 25.5. The zero-order valence-corrected chi connectivity index (χ0v) is 24.4. The zero-order chi connectivity index (χ0) is 29.7. The van der Waals surface area contributed by atoms with Gasteiger partial charge in [0.05, 0.1) is 22.6 Å². The van der Waals surface area contributed by atoms with Crippen molar-refractivity contribution < 1.29 is 8.99 Å². The van der Waals surface area contributed by atoms with E-state index in [0.29, 0.717) is 0 Å². The minimum Gasteiger partial charge on any atom is -0.455 e. The maximum absolute atomic E-state index is 6.91. The van der Waals surface area contributed by atoms with E-state index in [1.165, 1.54) is 5.39 Å². The zero-order valence-electron chi connectivity index (χ0n) is 24.4. The average Bonchev–Trinajstić information content (AvgIpc) is 3.84. The summed E-state index contributed by atoms with van der Waals surface area (Å²) in [5.74, 6) is 0.891. The fraction of sp³-hybridized carbons (Fsp3) is 0.0244. The molecule has 1 atom stereocenters. The van der Waals surface area contributed by atoms with Crippen LogP contribution in [0.3, 0.4) is 0 Å². The lowest BCUT2D eigenvalue weighted by Crippen LogP contribution is -2.09. The van der Waals surface area contributed by atoms with Crippen molar-refractivity contribution in [2.24, 2.45) is 4.99 Å². The van der Waals surface area contributed by atoms with Crippen molar-refractivity contribution in [3.8, 4) is 28.1 Å². The first-order valence-corrected chi connectivity index (χ1v) is 15.2. The Bertz CT molecular complexity index is 2400. The topological polar surface area (TPSA) is 33.4 Å². The third kappa shape index (κ3) is 4.07. The molecule has 2 aromatic heterocycles. The first-order chi connectivity index (χ1) is 22.3. The number of hydrogen-bond donors (Lipinski definition) is 0. The molecule has 3 heterocycles. The quantitative estimate of drug-likeness (QED) is 0.187. The summed E-state index contributed by atoms with van der Waals surface area (Å²) < 4.78 is 11.5. The van der Waals surface area contributed by atoms with E-state index in [1.807, 2.05) is 24.6 Å². The second-order valence-electron chi connectivity index (χ2n) is 11.4. The molecule has 1 aliphatic rings. The van der Waals surface area contributed by atoms with Crippen LogP contribution in [0.5, 0.6) is 0 Å². The van der Waals surface area contributed by atoms with Crippen LogP contribution in [0.15, 0.2) is 161 Å². The van der Waals surface area contributed by atoms with Crippen molar-refractivity contribution in [3.63, 3.8) is 0 Å². The van der Waals surface area contributed by atoms with Gasteiger partial charge < -0.3 is 8.98 Å². The van der Waals surface area contributed by atoms with Crippen LogP contribution in [0.25, 0.3) is 60.9 Å². The monoisotopic (exact) mass is 578 g/mol. The highest BCUT2D eigenvalue weighted by atomic mass is 16.3. The molecule has 0 aliphatic carbocycles. The van der Waals surface area contributed by atoms with Crippen LogP contribution in [0.2, 0.25) is 0 Å². The molecule has 4 nitrogen and oxygen atoms in total. The van der Waals surface area contributed by atoms with E-state index >= 15 is 0 Å². The lowest BCUT2D eigenvalue weighted by Gasteiger charge is -2.11. The van der Waals surface area contributed by atoms with E-state index in [0.717, 1.165) is 66.8 Å². The molecular weight excluding hydrogens is 550 g/mol. The summed E-state index contributed by atoms with van der Waals surface area (Å²) in [4.78, 5) is 4.78. The smallest absolute Gasteiger partial charge is 0.277 e. The Hall–Kier alpha value is -6.00. The Morgan fingerprint density at radius 3 is 2.00 bits per heavy atom. The maximum atomic E-state index is 6.91. The van der Waals surface area contributed by atoms with Crippen LogP contribution >= 0.6 is 0 Å². The van der Waals surface area contributed by atoms with Crippen LogP contribution in [-0.2, 0) is 0 Å². The fourth-order valence-electron chi connectivity index (χ4n) is 6.78. The van der Waals surface area contributed by atoms with Crippen LogP contribution in [0, 0.1) is 0 Å². The number of furan rings is 1. The van der Waals surface area contributed by atoms with Crippen LogP contribution in [0.1, 0.15) is 11.7 Å². The van der Waals surface area contributed by atoms with Crippen LogP contribution < -0.4 is 0 Å². The fourth-order valence-corrected chi connectivity index (χ4v) is 6.78. The van der Waals surface area contributed by atoms with Gasteiger partial charge in [-0.05, 0) is 48.0 Å². The molecule has 0 spiro atoms. The Morgan fingerprint density at radius 2 is 1.24 bits per heavy atom. The molecule has 1 unspecified atom stereocenters. The molecule has 1 aliphatic heterocycles. The molecule has 0 saturated heterocycles. The molecule has 9 rings (SSSR count). The number of hydrogen-bond acceptors (Lipinski definition) is 2. The first-order valence-electron chi connectivity index (χ1n) is 15.2. The molecule has 0 fully saturated rings. The van der Waals surface area contributed by atoms with E-state index in [-0.39, 0.29) is 6.17 Å². The highest BCUT2D eigenvalue weighted by Crippen LogP contribution is 2.46. The second-order valence-corrected chi connectivity index (χ2v) is 11.4. The summed E-state index contributed by atoms with van der Waals surface area (Å²) in [5, 5.41) is 3.40. The lowest BCUT2D eigenvalue weighted by atomic mass is 9.98. The van der Waals surface area contributed by atoms with Gasteiger partial charge in [0.1, 0.15) is 11.3 Å². The predicted octanol–water partition coefficient (Wildman–Crippen LogP) is 10.4. The maximum Gasteiger partial charge on any atom is 0.277 e. The van der Waals surface area contributed by atoms with Crippen LogP contribution in [-0.4, -0.2) is 21.6 Å². The highest BCUT2D eigenvalue weighted by Gasteiger charge is 2.27. The summed E-state index contributed by atoms with van der Waals surface area (Å²) >= 11 is 0. The molecule has 0 N–H and O–H groups in total. The van der Waals surface area contributed by atoms with E-state index in [4.69, 9.17) is 9.41 Å². The van der Waals surface area contributed by atoms with Gasteiger partial charge in [-0.3, -0.25) is 0 Å². The van der Waals surface area contributed by atoms with Crippen molar-refractivity contribution >= 4 is 50.9 Å². The van der Waals surface area contributed by atoms with Gasteiger partial charge in [-0.15, -0.1) is 0 Å². The standard InChI is InChI=1S/C41H28N3O/c1-4-12-28(13-5-1)37-34-24-25-36-38(40(34)45-39(37)29-14-6-2-7-15-29)33-18-10-11-19-35(33)44(36)32-22-20-30(21-23-32)41-42-26-27-43(41)31-16-8-3-9-17-31/h1-27,41H/q+1. The van der Waals surface area contributed by atoms with E-state index < -0.39 is 0 Å². The number of nitrogens with zero attached hydrogens (tertiary/aromatic N) is 3. The third-order valence-corrected chi connectivity index (χ3v) is 8.81. The number of aliphatic imine (C=N–C) groups is 1. The molecule has 212 valence electrons. The minimum absolute atomic E-state index is 0.0878.